The van der Waals surface area contributed by atoms with Crippen LogP contribution in [0.15, 0.2) is 29.2 Å². The van der Waals surface area contributed by atoms with Crippen molar-refractivity contribution in [2.45, 2.75) is 56.9 Å². The normalized spacial score (nSPS) is 19.2. The number of rotatable bonds is 6. The number of piperidine rings is 1. The summed E-state index contributed by atoms with van der Waals surface area (Å²) in [6.07, 6.45) is 2.88. The number of benzene rings is 1. The molecule has 1 unspecified atom stereocenters. The summed E-state index contributed by atoms with van der Waals surface area (Å²) in [5.74, 6) is 0.461. The second-order valence-corrected chi connectivity index (χ2v) is 8.56. The summed E-state index contributed by atoms with van der Waals surface area (Å²) >= 11 is 0. The number of sulfonamides is 1. The van der Waals surface area contributed by atoms with E-state index in [1.54, 1.807) is 23.5 Å². The SMILES string of the molecule is CCC(C)c1ccc(S(=O)(=O)N(C)C2CCN(CC)CC2)cc1. The molecule has 0 aliphatic carbocycles. The first kappa shape index (κ1) is 18.4. The van der Waals surface area contributed by atoms with Crippen molar-refractivity contribution in [2.24, 2.45) is 0 Å². The molecule has 4 nitrogen and oxygen atoms in total. The molecule has 0 aromatic heterocycles. The zero-order valence-corrected chi connectivity index (χ0v) is 15.6. The van der Waals surface area contributed by atoms with E-state index in [4.69, 9.17) is 0 Å². The minimum absolute atomic E-state index is 0.108. The van der Waals surface area contributed by atoms with E-state index < -0.39 is 10.0 Å². The summed E-state index contributed by atoms with van der Waals surface area (Å²) in [5, 5.41) is 0. The van der Waals surface area contributed by atoms with Crippen LogP contribution in [0.2, 0.25) is 0 Å². The van der Waals surface area contributed by atoms with Gasteiger partial charge in [0.2, 0.25) is 10.0 Å². The van der Waals surface area contributed by atoms with Gasteiger partial charge in [-0.2, -0.15) is 4.31 Å². The topological polar surface area (TPSA) is 40.6 Å². The zero-order valence-electron chi connectivity index (χ0n) is 14.8. The molecule has 23 heavy (non-hydrogen) atoms. The molecule has 1 atom stereocenters. The molecule has 0 radical (unpaired) electrons. The van der Waals surface area contributed by atoms with Gasteiger partial charge in [0.15, 0.2) is 0 Å². The Hall–Kier alpha value is -0.910. The predicted molar refractivity (Wildman–Crippen MR) is 95.2 cm³/mol. The third kappa shape index (κ3) is 4.14. The highest BCUT2D eigenvalue weighted by atomic mass is 32.2. The molecule has 5 heteroatoms. The van der Waals surface area contributed by atoms with Gasteiger partial charge < -0.3 is 4.90 Å². The summed E-state index contributed by atoms with van der Waals surface area (Å²) < 4.78 is 27.3. The lowest BCUT2D eigenvalue weighted by Gasteiger charge is -2.35. The van der Waals surface area contributed by atoms with Crippen LogP contribution in [0, 0.1) is 0 Å². The van der Waals surface area contributed by atoms with Gasteiger partial charge in [-0.3, -0.25) is 0 Å². The summed E-state index contributed by atoms with van der Waals surface area (Å²) in [7, 11) is -1.67. The van der Waals surface area contributed by atoms with Crippen molar-refractivity contribution >= 4 is 10.0 Å². The van der Waals surface area contributed by atoms with Crippen molar-refractivity contribution in [1.82, 2.24) is 9.21 Å². The summed E-state index contributed by atoms with van der Waals surface area (Å²) in [4.78, 5) is 2.78. The summed E-state index contributed by atoms with van der Waals surface area (Å²) in [6.45, 7) is 9.46. The van der Waals surface area contributed by atoms with Gasteiger partial charge in [-0.05, 0) is 62.5 Å². The summed E-state index contributed by atoms with van der Waals surface area (Å²) in [5.41, 5.74) is 1.20. The van der Waals surface area contributed by atoms with Gasteiger partial charge in [-0.15, -0.1) is 0 Å². The average Bonchev–Trinajstić information content (AvgIpc) is 2.60. The maximum atomic E-state index is 12.8. The molecule has 2 rings (SSSR count). The molecule has 1 heterocycles. The average molecular weight is 339 g/mol. The van der Waals surface area contributed by atoms with Gasteiger partial charge in [0.05, 0.1) is 4.90 Å². The minimum atomic E-state index is -3.40. The zero-order chi connectivity index (χ0) is 17.0. The molecule has 1 aromatic rings. The molecule has 1 saturated heterocycles. The highest BCUT2D eigenvalue weighted by Crippen LogP contribution is 2.25. The Balaban J connectivity index is 2.11. The first-order valence-corrected chi connectivity index (χ1v) is 10.1. The van der Waals surface area contributed by atoms with Crippen LogP contribution in [0.25, 0.3) is 0 Å². The van der Waals surface area contributed by atoms with E-state index in [-0.39, 0.29) is 6.04 Å². The lowest BCUT2D eigenvalue weighted by molar-refractivity contribution is 0.176. The summed E-state index contributed by atoms with van der Waals surface area (Å²) in [6, 6.07) is 7.53. The van der Waals surface area contributed by atoms with Crippen molar-refractivity contribution < 1.29 is 8.42 Å². The Bertz CT molecular complexity index is 590. The van der Waals surface area contributed by atoms with Gasteiger partial charge in [-0.25, -0.2) is 8.42 Å². The van der Waals surface area contributed by atoms with Gasteiger partial charge in [0, 0.05) is 13.1 Å². The van der Waals surface area contributed by atoms with Crippen LogP contribution in [-0.2, 0) is 10.0 Å². The Kier molecular flexibility index (Phi) is 6.23. The van der Waals surface area contributed by atoms with E-state index in [0.29, 0.717) is 10.8 Å². The quantitative estimate of drug-likeness (QED) is 0.799. The van der Waals surface area contributed by atoms with Gasteiger partial charge in [-0.1, -0.05) is 32.9 Å². The fraction of sp³-hybridized carbons (Fsp3) is 0.667. The number of hydrogen-bond acceptors (Lipinski definition) is 3. The maximum absolute atomic E-state index is 12.8. The van der Waals surface area contributed by atoms with Crippen molar-refractivity contribution in [3.63, 3.8) is 0 Å². The van der Waals surface area contributed by atoms with Gasteiger partial charge in [0.1, 0.15) is 0 Å². The van der Waals surface area contributed by atoms with E-state index in [2.05, 4.69) is 25.7 Å². The minimum Gasteiger partial charge on any atom is -0.303 e. The van der Waals surface area contributed by atoms with E-state index in [0.717, 1.165) is 38.9 Å². The lowest BCUT2D eigenvalue weighted by Crippen LogP contribution is -2.45. The molecule has 0 spiro atoms. The van der Waals surface area contributed by atoms with Crippen LogP contribution in [-0.4, -0.2) is 50.3 Å². The standard InChI is InChI=1S/C18H30N2O2S/c1-5-15(3)16-7-9-18(10-8-16)23(21,22)19(4)17-11-13-20(6-2)14-12-17/h7-10,15,17H,5-6,11-14H2,1-4H3. The number of hydrogen-bond donors (Lipinski definition) is 0. The monoisotopic (exact) mass is 338 g/mol. The van der Waals surface area contributed by atoms with Crippen molar-refractivity contribution in [3.8, 4) is 0 Å². The fourth-order valence-electron chi connectivity index (χ4n) is 3.17. The van der Waals surface area contributed by atoms with E-state index in [9.17, 15) is 8.42 Å². The third-order valence-corrected chi connectivity index (χ3v) is 7.18. The van der Waals surface area contributed by atoms with Crippen LogP contribution in [0.1, 0.15) is 51.5 Å². The van der Waals surface area contributed by atoms with Gasteiger partial charge >= 0.3 is 0 Å². The highest BCUT2D eigenvalue weighted by Gasteiger charge is 2.30. The first-order chi connectivity index (χ1) is 10.9. The van der Waals surface area contributed by atoms with Crippen molar-refractivity contribution in [2.75, 3.05) is 26.7 Å². The molecule has 0 N–H and O–H groups in total. The second kappa shape index (κ2) is 7.77. The molecule has 1 aliphatic heterocycles. The Labute approximate surface area is 141 Å². The van der Waals surface area contributed by atoms with Crippen LogP contribution in [0.4, 0.5) is 0 Å². The van der Waals surface area contributed by atoms with Crippen LogP contribution < -0.4 is 0 Å². The maximum Gasteiger partial charge on any atom is 0.243 e. The molecule has 0 amide bonds. The van der Waals surface area contributed by atoms with Crippen LogP contribution in [0.5, 0.6) is 0 Å². The Morgan fingerprint density at radius 1 is 1.17 bits per heavy atom. The van der Waals surface area contributed by atoms with E-state index >= 15 is 0 Å². The van der Waals surface area contributed by atoms with E-state index in [1.807, 2.05) is 12.1 Å². The smallest absolute Gasteiger partial charge is 0.243 e. The van der Waals surface area contributed by atoms with Crippen molar-refractivity contribution in [3.05, 3.63) is 29.8 Å². The first-order valence-electron chi connectivity index (χ1n) is 8.70. The lowest BCUT2D eigenvalue weighted by atomic mass is 9.99. The molecule has 1 aliphatic rings. The number of likely N-dealkylation sites (tertiary alicyclic amines) is 1. The fourth-order valence-corrected chi connectivity index (χ4v) is 4.58. The van der Waals surface area contributed by atoms with Crippen LogP contribution >= 0.6 is 0 Å². The largest absolute Gasteiger partial charge is 0.303 e. The van der Waals surface area contributed by atoms with Crippen LogP contribution in [0.3, 0.4) is 0 Å². The highest BCUT2D eigenvalue weighted by molar-refractivity contribution is 7.89. The molecular weight excluding hydrogens is 308 g/mol. The van der Waals surface area contributed by atoms with E-state index in [1.165, 1.54) is 5.56 Å². The molecule has 0 bridgehead atoms. The molecule has 1 aromatic carbocycles. The Morgan fingerprint density at radius 2 is 1.74 bits per heavy atom. The predicted octanol–water partition coefficient (Wildman–Crippen LogP) is 3.30. The molecule has 130 valence electrons. The van der Waals surface area contributed by atoms with Gasteiger partial charge in [0.25, 0.3) is 0 Å². The molecule has 0 saturated carbocycles. The third-order valence-electron chi connectivity index (χ3n) is 5.26. The second-order valence-electron chi connectivity index (χ2n) is 6.57. The molecular formula is C18H30N2O2S. The van der Waals surface area contributed by atoms with Crippen molar-refractivity contribution in [1.29, 1.82) is 0 Å². The number of nitrogens with zero attached hydrogens (tertiary/aromatic N) is 2. The molecule has 1 fully saturated rings. The Morgan fingerprint density at radius 3 is 2.22 bits per heavy atom.